The second-order valence-corrected chi connectivity index (χ2v) is 4.82. The van der Waals surface area contributed by atoms with Crippen molar-refractivity contribution in [3.05, 3.63) is 11.8 Å². The van der Waals surface area contributed by atoms with E-state index in [1.165, 1.54) is 6.20 Å². The number of nitrogens with zero attached hydrogens (tertiary/aromatic N) is 2. The minimum atomic E-state index is -0.344. The van der Waals surface area contributed by atoms with Crippen LogP contribution in [0.5, 0.6) is 0 Å². The Morgan fingerprint density at radius 1 is 1.43 bits per heavy atom. The van der Waals surface area contributed by atoms with Crippen molar-refractivity contribution >= 4 is 5.91 Å². The molecule has 0 saturated carbocycles. The van der Waals surface area contributed by atoms with Crippen molar-refractivity contribution in [2.45, 2.75) is 6.42 Å². The van der Waals surface area contributed by atoms with Crippen LogP contribution in [0.25, 0.3) is 0 Å². The van der Waals surface area contributed by atoms with Gasteiger partial charge in [-0.15, -0.1) is 0 Å². The predicted molar refractivity (Wildman–Crippen MR) is 80.5 cm³/mol. The average molecular weight is 295 g/mol. The first-order valence-corrected chi connectivity index (χ1v) is 7.31. The number of carbonyl (C=O) groups is 1. The Morgan fingerprint density at radius 3 is 2.86 bits per heavy atom. The molecule has 118 valence electrons. The molecule has 0 aromatic heterocycles. The van der Waals surface area contributed by atoms with Crippen LogP contribution in [0.4, 0.5) is 0 Å². The van der Waals surface area contributed by atoms with Gasteiger partial charge in [0.1, 0.15) is 11.6 Å². The number of piperazine rings is 1. The molecule has 0 bridgehead atoms. The normalized spacial score (nSPS) is 16.3. The van der Waals surface area contributed by atoms with E-state index < -0.39 is 0 Å². The molecule has 1 aliphatic heterocycles. The smallest absolute Gasteiger partial charge is 0.263 e. The number of amides is 1. The summed E-state index contributed by atoms with van der Waals surface area (Å²) >= 11 is 0. The van der Waals surface area contributed by atoms with Crippen molar-refractivity contribution in [3.8, 4) is 6.07 Å². The Labute approximate surface area is 126 Å². The Morgan fingerprint density at radius 2 is 2.19 bits per heavy atom. The van der Waals surface area contributed by atoms with Gasteiger partial charge < -0.3 is 20.7 Å². The summed E-state index contributed by atoms with van der Waals surface area (Å²) in [5, 5.41) is 18.0. The molecule has 0 aromatic carbocycles. The lowest BCUT2D eigenvalue weighted by Crippen LogP contribution is -2.45. The summed E-state index contributed by atoms with van der Waals surface area (Å²) in [7, 11) is 1.62. The van der Waals surface area contributed by atoms with Gasteiger partial charge in [-0.2, -0.15) is 5.26 Å². The van der Waals surface area contributed by atoms with Gasteiger partial charge in [-0.3, -0.25) is 9.69 Å². The van der Waals surface area contributed by atoms with E-state index >= 15 is 0 Å². The third-order valence-electron chi connectivity index (χ3n) is 3.20. The van der Waals surface area contributed by atoms with E-state index in [1.807, 2.05) is 6.07 Å². The first-order chi connectivity index (χ1) is 10.3. The predicted octanol–water partition coefficient (Wildman–Crippen LogP) is -0.959. The molecule has 1 rings (SSSR count). The third-order valence-corrected chi connectivity index (χ3v) is 3.20. The van der Waals surface area contributed by atoms with Gasteiger partial charge in [0, 0.05) is 65.7 Å². The van der Waals surface area contributed by atoms with Crippen LogP contribution in [-0.2, 0) is 9.53 Å². The number of nitriles is 1. The van der Waals surface area contributed by atoms with Crippen molar-refractivity contribution in [2.24, 2.45) is 0 Å². The molecule has 1 fully saturated rings. The number of hydrogen-bond donors (Lipinski definition) is 3. The zero-order valence-electron chi connectivity index (χ0n) is 12.7. The van der Waals surface area contributed by atoms with Crippen LogP contribution >= 0.6 is 0 Å². The molecule has 21 heavy (non-hydrogen) atoms. The van der Waals surface area contributed by atoms with E-state index in [4.69, 9.17) is 10.00 Å². The van der Waals surface area contributed by atoms with Gasteiger partial charge >= 0.3 is 0 Å². The first kappa shape index (κ1) is 17.4. The Bertz CT molecular complexity index is 372. The highest BCUT2D eigenvalue weighted by atomic mass is 16.5. The summed E-state index contributed by atoms with van der Waals surface area (Å²) in [5.74, 6) is -0.344. The number of nitrogens with one attached hydrogen (secondary N) is 3. The molecule has 0 radical (unpaired) electrons. The van der Waals surface area contributed by atoms with Crippen molar-refractivity contribution in [2.75, 3.05) is 59.5 Å². The van der Waals surface area contributed by atoms with E-state index in [-0.39, 0.29) is 11.5 Å². The molecular formula is C14H25N5O2. The largest absolute Gasteiger partial charge is 0.388 e. The molecule has 7 nitrogen and oxygen atoms in total. The SMILES string of the molecule is COCCCNC(=O)/C(C#N)=C\NCCN1CCNCC1. The topological polar surface area (TPSA) is 89.4 Å². The van der Waals surface area contributed by atoms with Crippen molar-refractivity contribution in [1.82, 2.24) is 20.9 Å². The molecule has 1 heterocycles. The van der Waals surface area contributed by atoms with Crippen molar-refractivity contribution in [3.63, 3.8) is 0 Å². The van der Waals surface area contributed by atoms with Gasteiger partial charge in [0.05, 0.1) is 0 Å². The molecule has 0 aromatic rings. The summed E-state index contributed by atoms with van der Waals surface area (Å²) < 4.78 is 4.90. The molecule has 0 spiro atoms. The summed E-state index contributed by atoms with van der Waals surface area (Å²) in [6.45, 7) is 6.84. The highest BCUT2D eigenvalue weighted by molar-refractivity contribution is 5.97. The zero-order chi connectivity index (χ0) is 15.3. The van der Waals surface area contributed by atoms with Gasteiger partial charge in [0.25, 0.3) is 5.91 Å². The number of carbonyl (C=O) groups excluding carboxylic acids is 1. The van der Waals surface area contributed by atoms with Crippen LogP contribution in [0.3, 0.4) is 0 Å². The number of methoxy groups -OCH3 is 1. The molecule has 0 atom stereocenters. The van der Waals surface area contributed by atoms with Gasteiger partial charge in [0.15, 0.2) is 0 Å². The van der Waals surface area contributed by atoms with Gasteiger partial charge in [0.2, 0.25) is 0 Å². The fourth-order valence-electron chi connectivity index (χ4n) is 1.99. The van der Waals surface area contributed by atoms with Crippen LogP contribution in [0.15, 0.2) is 11.8 Å². The van der Waals surface area contributed by atoms with Crippen molar-refractivity contribution < 1.29 is 9.53 Å². The minimum Gasteiger partial charge on any atom is -0.388 e. The molecule has 3 N–H and O–H groups in total. The second kappa shape index (κ2) is 11.1. The van der Waals surface area contributed by atoms with E-state index in [0.29, 0.717) is 13.2 Å². The molecule has 1 amide bonds. The maximum atomic E-state index is 11.7. The number of rotatable bonds is 9. The maximum Gasteiger partial charge on any atom is 0.263 e. The second-order valence-electron chi connectivity index (χ2n) is 4.82. The summed E-state index contributed by atoms with van der Waals surface area (Å²) in [4.78, 5) is 14.1. The summed E-state index contributed by atoms with van der Waals surface area (Å²) in [6.07, 6.45) is 2.23. The van der Waals surface area contributed by atoms with E-state index in [2.05, 4.69) is 20.9 Å². The monoisotopic (exact) mass is 295 g/mol. The highest BCUT2D eigenvalue weighted by Crippen LogP contribution is 1.92. The lowest BCUT2D eigenvalue weighted by atomic mass is 10.3. The lowest BCUT2D eigenvalue weighted by molar-refractivity contribution is -0.117. The average Bonchev–Trinajstić information content (AvgIpc) is 2.52. The Hall–Kier alpha value is -1.62. The number of hydrogen-bond acceptors (Lipinski definition) is 6. The fourth-order valence-corrected chi connectivity index (χ4v) is 1.99. The van der Waals surface area contributed by atoms with Crippen molar-refractivity contribution in [1.29, 1.82) is 5.26 Å². The summed E-state index contributed by atoms with van der Waals surface area (Å²) in [6, 6.07) is 1.91. The van der Waals surface area contributed by atoms with E-state index in [9.17, 15) is 4.79 Å². The molecule has 7 heteroatoms. The maximum absolute atomic E-state index is 11.7. The molecule has 0 unspecified atom stereocenters. The Balaban J connectivity index is 2.20. The van der Waals surface area contributed by atoms with Crippen LogP contribution in [-0.4, -0.2) is 70.3 Å². The van der Waals surface area contributed by atoms with E-state index in [0.717, 1.165) is 45.7 Å². The quantitative estimate of drug-likeness (QED) is 0.288. The zero-order valence-corrected chi connectivity index (χ0v) is 12.7. The van der Waals surface area contributed by atoms with Crippen LogP contribution in [0.2, 0.25) is 0 Å². The molecular weight excluding hydrogens is 270 g/mol. The van der Waals surface area contributed by atoms with Crippen LogP contribution in [0, 0.1) is 11.3 Å². The summed E-state index contributed by atoms with van der Waals surface area (Å²) in [5.41, 5.74) is 0.104. The lowest BCUT2D eigenvalue weighted by Gasteiger charge is -2.26. The first-order valence-electron chi connectivity index (χ1n) is 7.31. The van der Waals surface area contributed by atoms with Gasteiger partial charge in [-0.1, -0.05) is 0 Å². The standard InChI is InChI=1S/C14H25N5O2/c1-21-10-2-3-18-14(20)13(11-15)12-17-6-9-19-7-4-16-5-8-19/h12,16-17H,2-10H2,1H3,(H,18,20)/b13-12-. The Kier molecular flexibility index (Phi) is 9.20. The molecule has 1 saturated heterocycles. The highest BCUT2D eigenvalue weighted by Gasteiger charge is 2.09. The van der Waals surface area contributed by atoms with Gasteiger partial charge in [-0.25, -0.2) is 0 Å². The molecule has 0 aliphatic carbocycles. The van der Waals surface area contributed by atoms with Crippen LogP contribution in [0.1, 0.15) is 6.42 Å². The van der Waals surface area contributed by atoms with Gasteiger partial charge in [-0.05, 0) is 6.42 Å². The van der Waals surface area contributed by atoms with E-state index in [1.54, 1.807) is 7.11 Å². The third kappa shape index (κ3) is 7.66. The fraction of sp³-hybridized carbons (Fsp3) is 0.714. The molecule has 1 aliphatic rings. The minimum absolute atomic E-state index is 0.104. The van der Waals surface area contributed by atoms with Crippen LogP contribution < -0.4 is 16.0 Å². The number of ether oxygens (including phenoxy) is 1.